The summed E-state index contributed by atoms with van der Waals surface area (Å²) in [6.07, 6.45) is 5.82. The largest absolute Gasteiger partial charge is 0.497 e. The van der Waals surface area contributed by atoms with Crippen LogP contribution in [0.25, 0.3) is 10.9 Å². The minimum atomic E-state index is -4.09. The normalized spacial score (nSPS) is 13.8. The second-order valence-electron chi connectivity index (χ2n) is 11.6. The average molecular weight is 658 g/mol. The highest BCUT2D eigenvalue weighted by atomic mass is 32.2. The third kappa shape index (κ3) is 7.61. The maximum absolute atomic E-state index is 14.1. The molecule has 0 bridgehead atoms. The number of carbonyl (C=O) groups is 3. The summed E-state index contributed by atoms with van der Waals surface area (Å²) < 4.78 is 33.4. The Labute approximate surface area is 274 Å². The molecule has 2 heterocycles. The van der Waals surface area contributed by atoms with E-state index in [1.807, 2.05) is 0 Å². The predicted molar refractivity (Wildman–Crippen MR) is 180 cm³/mol. The van der Waals surface area contributed by atoms with Gasteiger partial charge in [-0.3, -0.25) is 19.5 Å². The number of rotatable bonds is 13. The van der Waals surface area contributed by atoms with Crippen molar-refractivity contribution >= 4 is 50.2 Å². The number of unbranched alkanes of at least 4 members (excludes halogenated alkanes) is 3. The zero-order chi connectivity index (χ0) is 33.6. The van der Waals surface area contributed by atoms with E-state index in [1.54, 1.807) is 55.3 Å². The van der Waals surface area contributed by atoms with E-state index in [2.05, 4.69) is 15.2 Å². The lowest BCUT2D eigenvalue weighted by Crippen LogP contribution is -2.48. The molecule has 5 rings (SSSR count). The number of fused-ring (bicyclic) bond motifs is 1. The molecule has 3 aromatic carbocycles. The quantitative estimate of drug-likeness (QED) is 0.153. The Bertz CT molecular complexity index is 1900. The van der Waals surface area contributed by atoms with Crippen LogP contribution in [-0.2, 0) is 14.6 Å². The van der Waals surface area contributed by atoms with Crippen LogP contribution in [0, 0.1) is 6.92 Å². The lowest BCUT2D eigenvalue weighted by atomic mass is 10.1. The van der Waals surface area contributed by atoms with Gasteiger partial charge in [-0.25, -0.2) is 8.42 Å². The lowest BCUT2D eigenvalue weighted by molar-refractivity contribution is -0.107. The van der Waals surface area contributed by atoms with Crippen LogP contribution in [0.15, 0.2) is 76.7 Å². The van der Waals surface area contributed by atoms with Gasteiger partial charge in [-0.05, 0) is 74.3 Å². The van der Waals surface area contributed by atoms with E-state index >= 15 is 0 Å². The minimum Gasteiger partial charge on any atom is -0.497 e. The number of ether oxygens (including phenoxy) is 1. The number of nitrogens with zero attached hydrogens (tertiary/aromatic N) is 3. The number of carbonyl (C=O) groups excluding carboxylic acids is 3. The van der Waals surface area contributed by atoms with Gasteiger partial charge in [-0.2, -0.15) is 0 Å². The van der Waals surface area contributed by atoms with Crippen molar-refractivity contribution in [1.29, 1.82) is 0 Å². The summed E-state index contributed by atoms with van der Waals surface area (Å²) in [6.45, 7) is 5.24. The van der Waals surface area contributed by atoms with Crippen molar-refractivity contribution in [3.05, 3.63) is 83.6 Å². The Morgan fingerprint density at radius 1 is 0.979 bits per heavy atom. The second kappa shape index (κ2) is 14.7. The Hall–Kier alpha value is -4.81. The fraction of sp³-hybridized carbons (Fsp3) is 0.314. The van der Waals surface area contributed by atoms with Crippen LogP contribution in [0.2, 0.25) is 0 Å². The Balaban J connectivity index is 1.41. The first-order chi connectivity index (χ1) is 22.6. The SMILES string of the molecule is COc1cccc(Nc2c(C(N)=O)cnc3c(C)cc(S(=O)(=O)c4cccc(C(=O)N5CCN(CCCCCC=O)CC5)c4)cc23)c1. The number of methoxy groups -OCH3 is 1. The fourth-order valence-electron chi connectivity index (χ4n) is 5.80. The standard InChI is InChI=1S/C35H39N5O6S/c1-24-19-29(22-30-32(24)37-23-31(34(36)42)33(30)38-26-10-8-11-27(21-26)46-2)47(44,45)28-12-7-9-25(20-28)35(43)40-16-14-39(15-17-40)13-5-3-4-6-18-41/h7-12,18-23H,3-6,13-17H2,1-2H3,(H2,36,42)(H,37,38). The number of sulfone groups is 1. The molecule has 1 fully saturated rings. The maximum atomic E-state index is 14.1. The minimum absolute atomic E-state index is 0.00836. The molecule has 0 unspecified atom stereocenters. The molecule has 47 heavy (non-hydrogen) atoms. The monoisotopic (exact) mass is 657 g/mol. The van der Waals surface area contributed by atoms with Gasteiger partial charge < -0.3 is 25.5 Å². The smallest absolute Gasteiger partial charge is 0.253 e. The molecular formula is C35H39N5O6S. The maximum Gasteiger partial charge on any atom is 0.253 e. The van der Waals surface area contributed by atoms with Crippen molar-refractivity contribution in [3.63, 3.8) is 0 Å². The number of hydrogen-bond acceptors (Lipinski definition) is 9. The van der Waals surface area contributed by atoms with Gasteiger partial charge in [0.15, 0.2) is 0 Å². The van der Waals surface area contributed by atoms with Gasteiger partial charge in [0.1, 0.15) is 12.0 Å². The van der Waals surface area contributed by atoms with Crippen LogP contribution >= 0.6 is 0 Å². The van der Waals surface area contributed by atoms with Crippen molar-refractivity contribution in [1.82, 2.24) is 14.8 Å². The zero-order valence-corrected chi connectivity index (χ0v) is 27.4. The topological polar surface area (TPSA) is 152 Å². The number of aromatic nitrogens is 1. The zero-order valence-electron chi connectivity index (χ0n) is 26.6. The van der Waals surface area contributed by atoms with Gasteiger partial charge in [-0.1, -0.05) is 18.6 Å². The van der Waals surface area contributed by atoms with Crippen LogP contribution in [-0.4, -0.2) is 81.1 Å². The third-order valence-electron chi connectivity index (χ3n) is 8.40. The summed E-state index contributed by atoms with van der Waals surface area (Å²) in [6, 6.07) is 16.2. The number of aryl methyl sites for hydroxylation is 1. The molecule has 1 aliphatic heterocycles. The molecule has 12 heteroatoms. The number of nitrogens with two attached hydrogens (primary N) is 1. The van der Waals surface area contributed by atoms with Gasteiger partial charge in [-0.15, -0.1) is 0 Å². The van der Waals surface area contributed by atoms with E-state index in [-0.39, 0.29) is 21.3 Å². The third-order valence-corrected chi connectivity index (χ3v) is 10.1. The molecule has 3 N–H and O–H groups in total. The van der Waals surface area contributed by atoms with Crippen LogP contribution in [0.5, 0.6) is 5.75 Å². The van der Waals surface area contributed by atoms with Crippen LogP contribution in [0.3, 0.4) is 0 Å². The first-order valence-electron chi connectivity index (χ1n) is 15.6. The van der Waals surface area contributed by atoms with Crippen LogP contribution in [0.1, 0.15) is 52.0 Å². The number of benzene rings is 3. The molecule has 4 aromatic rings. The highest BCUT2D eigenvalue weighted by molar-refractivity contribution is 7.91. The summed E-state index contributed by atoms with van der Waals surface area (Å²) in [7, 11) is -2.55. The number of pyridine rings is 1. The molecule has 2 amide bonds. The molecule has 1 aliphatic rings. The summed E-state index contributed by atoms with van der Waals surface area (Å²) >= 11 is 0. The van der Waals surface area contributed by atoms with Gasteiger partial charge >= 0.3 is 0 Å². The number of aldehydes is 1. The van der Waals surface area contributed by atoms with E-state index in [0.29, 0.717) is 58.7 Å². The number of piperazine rings is 1. The van der Waals surface area contributed by atoms with Crippen LogP contribution < -0.4 is 15.8 Å². The molecule has 0 radical (unpaired) electrons. The number of amides is 2. The lowest BCUT2D eigenvalue weighted by Gasteiger charge is -2.34. The van der Waals surface area contributed by atoms with Crippen LogP contribution in [0.4, 0.5) is 11.4 Å². The first-order valence-corrected chi connectivity index (χ1v) is 17.1. The molecule has 11 nitrogen and oxygen atoms in total. The van der Waals surface area contributed by atoms with Crippen molar-refractivity contribution < 1.29 is 27.5 Å². The van der Waals surface area contributed by atoms with E-state index in [9.17, 15) is 22.8 Å². The number of nitrogens with one attached hydrogen (secondary N) is 1. The van der Waals surface area contributed by atoms with E-state index in [1.165, 1.54) is 30.5 Å². The molecule has 0 saturated carbocycles. The molecule has 246 valence electrons. The fourth-order valence-corrected chi connectivity index (χ4v) is 7.22. The van der Waals surface area contributed by atoms with Gasteiger partial charge in [0.2, 0.25) is 9.84 Å². The summed E-state index contributed by atoms with van der Waals surface area (Å²) in [5, 5.41) is 3.62. The molecular weight excluding hydrogens is 618 g/mol. The van der Waals surface area contributed by atoms with Crippen molar-refractivity contribution in [2.45, 2.75) is 42.4 Å². The molecule has 1 aromatic heterocycles. The molecule has 0 atom stereocenters. The van der Waals surface area contributed by atoms with E-state index in [0.717, 1.165) is 45.2 Å². The van der Waals surface area contributed by atoms with E-state index < -0.39 is 15.7 Å². The highest BCUT2D eigenvalue weighted by Crippen LogP contribution is 2.35. The molecule has 0 aliphatic carbocycles. The highest BCUT2D eigenvalue weighted by Gasteiger charge is 2.26. The number of primary amides is 1. The summed E-state index contributed by atoms with van der Waals surface area (Å²) in [5.74, 6) is -0.355. The van der Waals surface area contributed by atoms with Crippen molar-refractivity contribution in [2.24, 2.45) is 5.73 Å². The first kappa shape index (κ1) is 33.6. The Kier molecular flexibility index (Phi) is 10.5. The number of hydrogen-bond donors (Lipinski definition) is 2. The average Bonchev–Trinajstić information content (AvgIpc) is 3.08. The summed E-state index contributed by atoms with van der Waals surface area (Å²) in [5.41, 5.74) is 8.11. The molecule has 0 spiro atoms. The Morgan fingerprint density at radius 2 is 1.74 bits per heavy atom. The van der Waals surface area contributed by atoms with Crippen molar-refractivity contribution in [3.8, 4) is 5.75 Å². The van der Waals surface area contributed by atoms with Crippen molar-refractivity contribution in [2.75, 3.05) is 45.2 Å². The van der Waals surface area contributed by atoms with E-state index in [4.69, 9.17) is 10.5 Å². The predicted octanol–water partition coefficient (Wildman–Crippen LogP) is 4.74. The van der Waals surface area contributed by atoms with Gasteiger partial charge in [0, 0.05) is 61.5 Å². The Morgan fingerprint density at radius 3 is 2.47 bits per heavy atom. The summed E-state index contributed by atoms with van der Waals surface area (Å²) in [4.78, 5) is 44.9. The molecule has 1 saturated heterocycles. The number of anilines is 2. The van der Waals surface area contributed by atoms with Gasteiger partial charge in [0.25, 0.3) is 11.8 Å². The van der Waals surface area contributed by atoms with Gasteiger partial charge in [0.05, 0.1) is 33.7 Å². The second-order valence-corrected chi connectivity index (χ2v) is 13.5.